The summed E-state index contributed by atoms with van der Waals surface area (Å²) in [4.78, 5) is 2.39. The van der Waals surface area contributed by atoms with Crippen molar-refractivity contribution in [1.29, 1.82) is 0 Å². The lowest BCUT2D eigenvalue weighted by molar-refractivity contribution is -0.110. The second kappa shape index (κ2) is 7.96. The molecular weight excluding hydrogens is 338 g/mol. The van der Waals surface area contributed by atoms with Gasteiger partial charge in [0.2, 0.25) is 0 Å². The number of halogens is 1. The van der Waals surface area contributed by atoms with E-state index in [4.69, 9.17) is 27.2 Å². The van der Waals surface area contributed by atoms with Crippen LogP contribution in [-0.2, 0) is 16.8 Å². The molecule has 25 heavy (non-hydrogen) atoms. The van der Waals surface area contributed by atoms with Crippen molar-refractivity contribution >= 4 is 11.6 Å². The zero-order chi connectivity index (χ0) is 17.9. The number of piperidine rings is 1. The fraction of sp³-hybridized carbons (Fsp3) is 0.579. The minimum Gasteiger partial charge on any atom is -0.400 e. The molecule has 2 aliphatic heterocycles. The number of ether oxygens (including phenoxy) is 1. The Morgan fingerprint density at radius 2 is 2.40 bits per heavy atom. The molecule has 1 fully saturated rings. The molecule has 1 saturated heterocycles. The number of likely N-dealkylation sites (tertiary alicyclic amines) is 1. The number of hydrogen-bond acceptors (Lipinski definition) is 5. The predicted octanol–water partition coefficient (Wildman–Crippen LogP) is 1.97. The maximum absolute atomic E-state index is 8.82. The van der Waals surface area contributed by atoms with Crippen molar-refractivity contribution in [2.45, 2.75) is 37.8 Å². The SMILES string of the molecule is C[C@H]1CC2(CCN1C/C(N)=C/NCCO)OCCc1ccc(Cl)cc12. The Hall–Kier alpha value is -1.27. The first-order chi connectivity index (χ1) is 12.0. The van der Waals surface area contributed by atoms with E-state index in [-0.39, 0.29) is 12.2 Å². The number of nitrogens with two attached hydrogens (primary N) is 1. The quantitative estimate of drug-likeness (QED) is 0.696. The lowest BCUT2D eigenvalue weighted by Crippen LogP contribution is -2.51. The Balaban J connectivity index is 1.70. The van der Waals surface area contributed by atoms with Crippen LogP contribution in [0.2, 0.25) is 5.02 Å². The van der Waals surface area contributed by atoms with Crippen molar-refractivity contribution in [3.63, 3.8) is 0 Å². The summed E-state index contributed by atoms with van der Waals surface area (Å²) in [5.74, 6) is 0. The molecule has 0 aliphatic carbocycles. The van der Waals surface area contributed by atoms with Crippen LogP contribution in [0.5, 0.6) is 0 Å². The second-order valence-corrected chi connectivity index (χ2v) is 7.50. The highest BCUT2D eigenvalue weighted by molar-refractivity contribution is 6.30. The molecule has 2 atom stereocenters. The first kappa shape index (κ1) is 18.5. The van der Waals surface area contributed by atoms with Gasteiger partial charge in [0.25, 0.3) is 0 Å². The molecule has 3 rings (SSSR count). The Kier molecular flexibility index (Phi) is 5.89. The number of nitrogens with zero attached hydrogens (tertiary/aromatic N) is 1. The van der Waals surface area contributed by atoms with Gasteiger partial charge in [-0.3, -0.25) is 4.90 Å². The number of nitrogens with one attached hydrogen (secondary N) is 1. The molecule has 0 aromatic heterocycles. The van der Waals surface area contributed by atoms with Gasteiger partial charge in [0, 0.05) is 42.6 Å². The maximum atomic E-state index is 8.82. The smallest absolute Gasteiger partial charge is 0.0961 e. The van der Waals surface area contributed by atoms with Gasteiger partial charge < -0.3 is 20.9 Å². The van der Waals surface area contributed by atoms with Crippen LogP contribution in [0.3, 0.4) is 0 Å². The maximum Gasteiger partial charge on any atom is 0.0961 e. The van der Waals surface area contributed by atoms with Crippen LogP contribution in [0.25, 0.3) is 0 Å². The molecule has 1 unspecified atom stereocenters. The van der Waals surface area contributed by atoms with E-state index in [1.807, 2.05) is 6.07 Å². The van der Waals surface area contributed by atoms with Crippen LogP contribution < -0.4 is 11.1 Å². The molecule has 6 heteroatoms. The van der Waals surface area contributed by atoms with E-state index >= 15 is 0 Å². The Morgan fingerprint density at radius 1 is 1.56 bits per heavy atom. The van der Waals surface area contributed by atoms with Crippen LogP contribution in [0.15, 0.2) is 30.1 Å². The van der Waals surface area contributed by atoms with Gasteiger partial charge in [-0.2, -0.15) is 0 Å². The van der Waals surface area contributed by atoms with Crippen molar-refractivity contribution in [2.24, 2.45) is 5.73 Å². The first-order valence-electron chi connectivity index (χ1n) is 9.00. The average molecular weight is 366 g/mol. The number of aliphatic hydroxyl groups excluding tert-OH is 1. The monoisotopic (exact) mass is 365 g/mol. The van der Waals surface area contributed by atoms with Gasteiger partial charge in [0.1, 0.15) is 0 Å². The van der Waals surface area contributed by atoms with Gasteiger partial charge in [-0.1, -0.05) is 17.7 Å². The van der Waals surface area contributed by atoms with E-state index in [2.05, 4.69) is 29.3 Å². The zero-order valence-electron chi connectivity index (χ0n) is 14.8. The summed E-state index contributed by atoms with van der Waals surface area (Å²) in [5.41, 5.74) is 9.30. The highest BCUT2D eigenvalue weighted by Gasteiger charge is 2.43. The van der Waals surface area contributed by atoms with Crippen molar-refractivity contribution in [3.05, 3.63) is 46.2 Å². The normalized spacial score (nSPS) is 27.3. The summed E-state index contributed by atoms with van der Waals surface area (Å²) in [6.07, 6.45) is 4.64. The molecule has 0 bridgehead atoms. The topological polar surface area (TPSA) is 70.8 Å². The molecule has 1 aromatic carbocycles. The van der Waals surface area contributed by atoms with Gasteiger partial charge >= 0.3 is 0 Å². The van der Waals surface area contributed by atoms with Crippen molar-refractivity contribution < 1.29 is 9.84 Å². The molecule has 138 valence electrons. The average Bonchev–Trinajstić information content (AvgIpc) is 2.59. The standard InChI is InChI=1S/C19H28ClN3O2/c1-14-11-19(5-7-23(14)13-17(21)12-22-6-8-24)18-10-16(20)3-2-15(18)4-9-25-19/h2-3,10,12,14,22,24H,4-9,11,13,21H2,1H3/b17-12-/t14-,19?/m0/s1. The van der Waals surface area contributed by atoms with E-state index in [1.54, 1.807) is 6.20 Å². The fourth-order valence-corrected chi connectivity index (χ4v) is 4.21. The summed E-state index contributed by atoms with van der Waals surface area (Å²) in [7, 11) is 0. The van der Waals surface area contributed by atoms with Crippen LogP contribution in [0.1, 0.15) is 30.9 Å². The first-order valence-corrected chi connectivity index (χ1v) is 9.37. The Labute approximate surface area is 154 Å². The fourth-order valence-electron chi connectivity index (χ4n) is 4.04. The molecule has 0 amide bonds. The molecular formula is C19H28ClN3O2. The van der Waals surface area contributed by atoms with Crippen molar-refractivity contribution in [2.75, 3.05) is 32.8 Å². The Bertz CT molecular complexity index is 637. The van der Waals surface area contributed by atoms with Gasteiger partial charge in [0.05, 0.1) is 18.8 Å². The highest BCUT2D eigenvalue weighted by Crippen LogP contribution is 2.44. The minimum atomic E-state index is -0.220. The number of fused-ring (bicyclic) bond motifs is 2. The summed E-state index contributed by atoms with van der Waals surface area (Å²) in [6.45, 7) is 5.28. The third-order valence-corrected chi connectivity index (χ3v) is 5.53. The molecule has 0 saturated carbocycles. The van der Waals surface area contributed by atoms with Crippen molar-refractivity contribution in [1.82, 2.24) is 10.2 Å². The number of hydrogen-bond donors (Lipinski definition) is 3. The van der Waals surface area contributed by atoms with Crippen molar-refractivity contribution in [3.8, 4) is 0 Å². The van der Waals surface area contributed by atoms with Crippen LogP contribution in [0.4, 0.5) is 0 Å². The molecule has 0 radical (unpaired) electrons. The third kappa shape index (κ3) is 4.11. The minimum absolute atomic E-state index is 0.103. The van der Waals surface area contributed by atoms with E-state index in [9.17, 15) is 0 Å². The van der Waals surface area contributed by atoms with Crippen LogP contribution >= 0.6 is 11.6 Å². The summed E-state index contributed by atoms with van der Waals surface area (Å²) in [6, 6.07) is 6.57. The molecule has 4 N–H and O–H groups in total. The molecule has 2 aliphatic rings. The largest absolute Gasteiger partial charge is 0.400 e. The van der Waals surface area contributed by atoms with E-state index in [0.29, 0.717) is 12.6 Å². The lowest BCUT2D eigenvalue weighted by Gasteiger charge is -2.48. The van der Waals surface area contributed by atoms with Gasteiger partial charge in [-0.15, -0.1) is 0 Å². The number of rotatable bonds is 5. The number of aliphatic hydroxyl groups is 1. The zero-order valence-corrected chi connectivity index (χ0v) is 15.6. The van der Waals surface area contributed by atoms with Crippen LogP contribution in [0, 0.1) is 0 Å². The molecule has 1 aromatic rings. The summed E-state index contributed by atoms with van der Waals surface area (Å²) >= 11 is 6.26. The predicted molar refractivity (Wildman–Crippen MR) is 100 cm³/mol. The van der Waals surface area contributed by atoms with Gasteiger partial charge in [-0.25, -0.2) is 0 Å². The van der Waals surface area contributed by atoms with E-state index in [1.165, 1.54) is 11.1 Å². The summed E-state index contributed by atoms with van der Waals surface area (Å²) < 4.78 is 6.32. The lowest BCUT2D eigenvalue weighted by atomic mass is 9.77. The van der Waals surface area contributed by atoms with Crippen LogP contribution in [-0.4, -0.2) is 48.9 Å². The molecule has 5 nitrogen and oxygen atoms in total. The number of benzene rings is 1. The third-order valence-electron chi connectivity index (χ3n) is 5.29. The highest BCUT2D eigenvalue weighted by atomic mass is 35.5. The van der Waals surface area contributed by atoms with Gasteiger partial charge in [0.15, 0.2) is 0 Å². The van der Waals surface area contributed by atoms with Gasteiger partial charge in [-0.05, 0) is 49.4 Å². The summed E-state index contributed by atoms with van der Waals surface area (Å²) in [5, 5.41) is 12.6. The second-order valence-electron chi connectivity index (χ2n) is 7.06. The molecule has 1 spiro atoms. The Morgan fingerprint density at radius 3 is 3.16 bits per heavy atom. The van der Waals surface area contributed by atoms with E-state index < -0.39 is 0 Å². The molecule has 2 heterocycles. The van der Waals surface area contributed by atoms with E-state index in [0.717, 1.165) is 49.7 Å².